The number of aliphatic hydroxyl groups is 1. The van der Waals surface area contributed by atoms with Crippen molar-refractivity contribution in [2.45, 2.75) is 6.10 Å². The van der Waals surface area contributed by atoms with Gasteiger partial charge in [-0.15, -0.1) is 0 Å². The summed E-state index contributed by atoms with van der Waals surface area (Å²) in [6, 6.07) is 22.0. The summed E-state index contributed by atoms with van der Waals surface area (Å²) >= 11 is 0. The number of hydrazone groups is 1. The Kier molecular flexibility index (Phi) is 6.91. The Morgan fingerprint density at radius 3 is 2.30 bits per heavy atom. The minimum atomic E-state index is -1.32. The van der Waals surface area contributed by atoms with Gasteiger partial charge in [0.05, 0.1) is 18.9 Å². The maximum absolute atomic E-state index is 12.2. The van der Waals surface area contributed by atoms with Crippen LogP contribution >= 0.6 is 0 Å². The van der Waals surface area contributed by atoms with Crippen molar-refractivity contribution in [1.29, 1.82) is 0 Å². The molecule has 0 aromatic heterocycles. The van der Waals surface area contributed by atoms with E-state index in [1.54, 1.807) is 72.8 Å². The molecule has 1 amide bonds. The Morgan fingerprint density at radius 1 is 0.967 bits per heavy atom. The van der Waals surface area contributed by atoms with Gasteiger partial charge in [-0.2, -0.15) is 5.10 Å². The highest BCUT2D eigenvalue weighted by Gasteiger charge is 2.16. The summed E-state index contributed by atoms with van der Waals surface area (Å²) in [5.74, 6) is -0.568. The van der Waals surface area contributed by atoms with Gasteiger partial charge >= 0.3 is 5.97 Å². The van der Waals surface area contributed by atoms with E-state index in [4.69, 9.17) is 9.47 Å². The first-order valence-electron chi connectivity index (χ1n) is 9.09. The number of aliphatic hydroxyl groups excluding tert-OH is 1. The van der Waals surface area contributed by atoms with Gasteiger partial charge in [-0.3, -0.25) is 4.79 Å². The average molecular weight is 404 g/mol. The molecular formula is C23H20N2O5. The highest BCUT2D eigenvalue weighted by Crippen LogP contribution is 2.28. The summed E-state index contributed by atoms with van der Waals surface area (Å²) in [6.45, 7) is 0. The molecule has 0 aliphatic rings. The van der Waals surface area contributed by atoms with Crippen molar-refractivity contribution in [2.24, 2.45) is 5.10 Å². The highest BCUT2D eigenvalue weighted by molar-refractivity contribution is 5.91. The molecular weight excluding hydrogens is 384 g/mol. The largest absolute Gasteiger partial charge is 0.493 e. The zero-order valence-electron chi connectivity index (χ0n) is 16.2. The zero-order chi connectivity index (χ0) is 21.3. The number of esters is 1. The average Bonchev–Trinajstić information content (AvgIpc) is 2.80. The number of nitrogens with one attached hydrogen (secondary N) is 1. The summed E-state index contributed by atoms with van der Waals surface area (Å²) < 4.78 is 10.7. The summed E-state index contributed by atoms with van der Waals surface area (Å²) in [4.78, 5) is 24.2. The summed E-state index contributed by atoms with van der Waals surface area (Å²) in [6.07, 6.45) is 0.0682. The molecule has 30 heavy (non-hydrogen) atoms. The van der Waals surface area contributed by atoms with Crippen molar-refractivity contribution >= 4 is 18.1 Å². The lowest BCUT2D eigenvalue weighted by Gasteiger charge is -2.10. The quantitative estimate of drug-likeness (QED) is 0.273. The SMILES string of the molecule is COc1cc(/C=N/NC(=O)C(O)c2ccccc2)ccc1OC(=O)c1ccccc1. The number of amides is 1. The van der Waals surface area contributed by atoms with Crippen molar-refractivity contribution in [2.75, 3.05) is 7.11 Å². The van der Waals surface area contributed by atoms with Crippen LogP contribution in [0.5, 0.6) is 11.5 Å². The predicted octanol–water partition coefficient (Wildman–Crippen LogP) is 3.10. The summed E-state index contributed by atoms with van der Waals surface area (Å²) in [5, 5.41) is 13.9. The molecule has 0 saturated carbocycles. The smallest absolute Gasteiger partial charge is 0.343 e. The third-order valence-corrected chi connectivity index (χ3v) is 4.15. The minimum Gasteiger partial charge on any atom is -0.493 e. The van der Waals surface area contributed by atoms with Gasteiger partial charge in [-0.25, -0.2) is 10.2 Å². The van der Waals surface area contributed by atoms with Gasteiger partial charge in [0, 0.05) is 0 Å². The van der Waals surface area contributed by atoms with E-state index in [0.29, 0.717) is 22.4 Å². The Balaban J connectivity index is 1.64. The third-order valence-electron chi connectivity index (χ3n) is 4.15. The number of hydrogen-bond donors (Lipinski definition) is 2. The van der Waals surface area contributed by atoms with Gasteiger partial charge in [0.1, 0.15) is 0 Å². The Labute approximate surface area is 173 Å². The van der Waals surface area contributed by atoms with Crippen LogP contribution in [0.25, 0.3) is 0 Å². The second-order valence-corrected chi connectivity index (χ2v) is 6.21. The van der Waals surface area contributed by atoms with Crippen LogP contribution in [-0.4, -0.2) is 30.3 Å². The highest BCUT2D eigenvalue weighted by atomic mass is 16.6. The second-order valence-electron chi connectivity index (χ2n) is 6.21. The molecule has 0 spiro atoms. The Hall–Kier alpha value is -3.97. The van der Waals surface area contributed by atoms with Crippen LogP contribution in [0.1, 0.15) is 27.6 Å². The van der Waals surface area contributed by atoms with Crippen molar-refractivity contribution in [3.63, 3.8) is 0 Å². The molecule has 3 rings (SSSR count). The topological polar surface area (TPSA) is 97.2 Å². The van der Waals surface area contributed by atoms with Crippen LogP contribution in [0.4, 0.5) is 0 Å². The van der Waals surface area contributed by atoms with Crippen molar-refractivity contribution in [1.82, 2.24) is 5.43 Å². The van der Waals surface area contributed by atoms with Crippen molar-refractivity contribution < 1.29 is 24.2 Å². The van der Waals surface area contributed by atoms with Crippen LogP contribution in [0, 0.1) is 0 Å². The molecule has 0 bridgehead atoms. The molecule has 1 atom stereocenters. The lowest BCUT2D eigenvalue weighted by molar-refractivity contribution is -0.129. The summed E-state index contributed by atoms with van der Waals surface area (Å²) in [7, 11) is 1.45. The number of ether oxygens (including phenoxy) is 2. The van der Waals surface area contributed by atoms with Crippen LogP contribution in [-0.2, 0) is 4.79 Å². The molecule has 7 heteroatoms. The fourth-order valence-corrected chi connectivity index (χ4v) is 2.60. The molecule has 7 nitrogen and oxygen atoms in total. The van der Waals surface area contributed by atoms with Crippen LogP contribution in [0.15, 0.2) is 84.0 Å². The standard InChI is InChI=1S/C23H20N2O5/c1-29-20-14-16(12-13-19(20)30-23(28)18-10-6-3-7-11-18)15-24-25-22(27)21(26)17-8-4-2-5-9-17/h2-15,21,26H,1H3,(H,25,27)/b24-15+. The molecule has 2 N–H and O–H groups in total. The number of methoxy groups -OCH3 is 1. The van der Waals surface area contributed by atoms with E-state index in [-0.39, 0.29) is 5.75 Å². The number of benzene rings is 3. The number of nitrogens with zero attached hydrogens (tertiary/aromatic N) is 1. The van der Waals surface area contributed by atoms with E-state index >= 15 is 0 Å². The van der Waals surface area contributed by atoms with Crippen LogP contribution < -0.4 is 14.9 Å². The maximum Gasteiger partial charge on any atom is 0.343 e. The molecule has 3 aromatic rings. The fourth-order valence-electron chi connectivity index (χ4n) is 2.60. The van der Waals surface area contributed by atoms with E-state index < -0.39 is 18.0 Å². The van der Waals surface area contributed by atoms with E-state index in [2.05, 4.69) is 10.5 Å². The first-order chi connectivity index (χ1) is 14.6. The van der Waals surface area contributed by atoms with Crippen LogP contribution in [0.2, 0.25) is 0 Å². The molecule has 152 valence electrons. The molecule has 0 heterocycles. The maximum atomic E-state index is 12.2. The summed E-state index contributed by atoms with van der Waals surface area (Å²) in [5.41, 5.74) is 3.78. The minimum absolute atomic E-state index is 0.257. The molecule has 3 aromatic carbocycles. The van der Waals surface area contributed by atoms with E-state index in [1.807, 2.05) is 6.07 Å². The van der Waals surface area contributed by atoms with Gasteiger partial charge in [0.15, 0.2) is 17.6 Å². The lowest BCUT2D eigenvalue weighted by atomic mass is 10.1. The zero-order valence-corrected chi connectivity index (χ0v) is 16.2. The van der Waals surface area contributed by atoms with Gasteiger partial charge < -0.3 is 14.6 Å². The van der Waals surface area contributed by atoms with E-state index in [1.165, 1.54) is 13.3 Å². The second kappa shape index (κ2) is 9.99. The number of rotatable bonds is 7. The predicted molar refractivity (Wildman–Crippen MR) is 112 cm³/mol. The Bertz CT molecular complexity index is 1040. The number of carbonyl (C=O) groups is 2. The normalized spacial score (nSPS) is 11.7. The van der Waals surface area contributed by atoms with Gasteiger partial charge in [0.25, 0.3) is 5.91 Å². The van der Waals surface area contributed by atoms with Gasteiger partial charge in [0.2, 0.25) is 0 Å². The first kappa shape index (κ1) is 20.8. The monoisotopic (exact) mass is 404 g/mol. The lowest BCUT2D eigenvalue weighted by Crippen LogP contribution is -2.25. The van der Waals surface area contributed by atoms with E-state index in [0.717, 1.165) is 0 Å². The van der Waals surface area contributed by atoms with Gasteiger partial charge in [-0.05, 0) is 41.5 Å². The van der Waals surface area contributed by atoms with Crippen molar-refractivity contribution in [3.05, 3.63) is 95.6 Å². The molecule has 0 aliphatic heterocycles. The van der Waals surface area contributed by atoms with E-state index in [9.17, 15) is 14.7 Å². The molecule has 0 aliphatic carbocycles. The number of hydrogen-bond acceptors (Lipinski definition) is 6. The molecule has 1 unspecified atom stereocenters. The molecule has 0 radical (unpaired) electrons. The first-order valence-corrected chi connectivity index (χ1v) is 9.09. The Morgan fingerprint density at radius 2 is 1.63 bits per heavy atom. The van der Waals surface area contributed by atoms with Crippen molar-refractivity contribution in [3.8, 4) is 11.5 Å². The molecule has 0 fully saturated rings. The van der Waals surface area contributed by atoms with Gasteiger partial charge in [-0.1, -0.05) is 48.5 Å². The third kappa shape index (κ3) is 5.30. The molecule has 0 saturated heterocycles. The number of carbonyl (C=O) groups excluding carboxylic acids is 2. The van der Waals surface area contributed by atoms with Crippen LogP contribution in [0.3, 0.4) is 0 Å². The fraction of sp³-hybridized carbons (Fsp3) is 0.0870.